The predicted molar refractivity (Wildman–Crippen MR) is 127 cm³/mol. The van der Waals surface area contributed by atoms with Crippen molar-refractivity contribution in [2.24, 2.45) is 4.99 Å². The number of carbonyl (C=O) groups excluding carboxylic acids is 1. The minimum atomic E-state index is -0.517. The Hall–Kier alpha value is -2.29. The zero-order valence-corrected chi connectivity index (χ0v) is 20.5. The van der Waals surface area contributed by atoms with E-state index < -0.39 is 5.97 Å². The molecule has 0 unspecified atom stereocenters. The van der Waals surface area contributed by atoms with Crippen LogP contribution in [-0.2, 0) is 16.1 Å². The van der Waals surface area contributed by atoms with Crippen molar-refractivity contribution in [2.45, 2.75) is 6.61 Å². The second-order valence-electron chi connectivity index (χ2n) is 6.58. The van der Waals surface area contributed by atoms with Crippen LogP contribution >= 0.6 is 47.8 Å². The van der Waals surface area contributed by atoms with Gasteiger partial charge in [0, 0.05) is 10.0 Å². The van der Waals surface area contributed by atoms with E-state index in [1.54, 1.807) is 30.3 Å². The second kappa shape index (κ2) is 9.46. The lowest BCUT2D eigenvalue weighted by Gasteiger charge is -2.11. The van der Waals surface area contributed by atoms with Gasteiger partial charge in [-0.05, 0) is 97.6 Å². The normalized spacial score (nSPS) is 14.5. The Balaban J connectivity index is 1.55. The highest BCUT2D eigenvalue weighted by Crippen LogP contribution is 2.36. The number of nitrogens with zero attached hydrogens (tertiary/aromatic N) is 1. The Morgan fingerprint density at radius 3 is 2.39 bits per heavy atom. The third kappa shape index (κ3) is 5.31. The fourth-order valence-electron chi connectivity index (χ4n) is 2.87. The molecule has 156 valence electrons. The molecular formula is C23H13Br3FNO3. The minimum Gasteiger partial charge on any atom is -0.487 e. The van der Waals surface area contributed by atoms with Gasteiger partial charge < -0.3 is 9.47 Å². The Labute approximate surface area is 203 Å². The van der Waals surface area contributed by atoms with E-state index >= 15 is 0 Å². The summed E-state index contributed by atoms with van der Waals surface area (Å²) >= 11 is 10.4. The monoisotopic (exact) mass is 607 g/mol. The molecule has 0 radical (unpaired) electrons. The topological polar surface area (TPSA) is 47.9 Å². The molecule has 31 heavy (non-hydrogen) atoms. The number of cyclic esters (lactones) is 1. The van der Waals surface area contributed by atoms with Crippen LogP contribution in [0.15, 0.2) is 84.8 Å². The molecule has 0 N–H and O–H groups in total. The summed E-state index contributed by atoms with van der Waals surface area (Å²) in [5.74, 6) is 0.000648. The number of rotatable bonds is 5. The van der Waals surface area contributed by atoms with Gasteiger partial charge in [-0.2, -0.15) is 0 Å². The van der Waals surface area contributed by atoms with Gasteiger partial charge in [0.2, 0.25) is 5.90 Å². The predicted octanol–water partition coefficient (Wildman–Crippen LogP) is 7.04. The summed E-state index contributed by atoms with van der Waals surface area (Å²) in [5.41, 5.74) is 2.35. The molecule has 3 aromatic carbocycles. The largest absolute Gasteiger partial charge is 0.487 e. The van der Waals surface area contributed by atoms with E-state index in [0.717, 1.165) is 10.0 Å². The summed E-state index contributed by atoms with van der Waals surface area (Å²) in [4.78, 5) is 16.6. The zero-order valence-electron chi connectivity index (χ0n) is 15.7. The van der Waals surface area contributed by atoms with Crippen molar-refractivity contribution < 1.29 is 18.7 Å². The van der Waals surface area contributed by atoms with Gasteiger partial charge in [0.1, 0.15) is 18.2 Å². The fourth-order valence-corrected chi connectivity index (χ4v) is 4.58. The van der Waals surface area contributed by atoms with Crippen molar-refractivity contribution >= 4 is 65.7 Å². The summed E-state index contributed by atoms with van der Waals surface area (Å²) in [5, 5.41) is 0. The Morgan fingerprint density at radius 2 is 1.71 bits per heavy atom. The lowest BCUT2D eigenvalue weighted by molar-refractivity contribution is -0.129. The number of halogens is 4. The van der Waals surface area contributed by atoms with Gasteiger partial charge >= 0.3 is 5.97 Å². The maximum atomic E-state index is 13.4. The summed E-state index contributed by atoms with van der Waals surface area (Å²) in [7, 11) is 0. The van der Waals surface area contributed by atoms with Gasteiger partial charge in [-0.1, -0.05) is 28.1 Å². The van der Waals surface area contributed by atoms with E-state index in [9.17, 15) is 9.18 Å². The van der Waals surface area contributed by atoms with Crippen LogP contribution in [0.2, 0.25) is 0 Å². The molecule has 4 nitrogen and oxygen atoms in total. The van der Waals surface area contributed by atoms with Crippen molar-refractivity contribution in [2.75, 3.05) is 0 Å². The van der Waals surface area contributed by atoms with E-state index in [1.165, 1.54) is 12.1 Å². The highest BCUT2D eigenvalue weighted by molar-refractivity contribution is 9.11. The molecule has 4 rings (SSSR count). The first-order chi connectivity index (χ1) is 14.9. The third-order valence-electron chi connectivity index (χ3n) is 4.31. The standard InChI is InChI=1S/C23H13Br3FNO3/c24-16-6-4-15(5-7-16)22-28-20(23(29)31-22)11-14-9-18(25)21(19(26)10-14)30-12-13-2-1-3-17(27)8-13/h1-11H,12H2/b20-11-. The number of ether oxygens (including phenoxy) is 2. The minimum absolute atomic E-state index is 0.199. The second-order valence-corrected chi connectivity index (χ2v) is 9.20. The summed E-state index contributed by atoms with van der Waals surface area (Å²) in [6.07, 6.45) is 1.64. The van der Waals surface area contributed by atoms with Crippen LogP contribution in [0.4, 0.5) is 4.39 Å². The number of aliphatic imine (C=N–C) groups is 1. The highest BCUT2D eigenvalue weighted by Gasteiger charge is 2.24. The lowest BCUT2D eigenvalue weighted by Crippen LogP contribution is -2.05. The van der Waals surface area contributed by atoms with Crippen molar-refractivity contribution in [3.63, 3.8) is 0 Å². The Kier molecular flexibility index (Phi) is 6.69. The Bertz CT molecular complexity index is 1200. The molecule has 1 aliphatic rings. The van der Waals surface area contributed by atoms with Gasteiger partial charge in [-0.25, -0.2) is 14.2 Å². The van der Waals surface area contributed by atoms with E-state index in [1.807, 2.05) is 24.3 Å². The van der Waals surface area contributed by atoms with E-state index in [4.69, 9.17) is 9.47 Å². The van der Waals surface area contributed by atoms with Crippen LogP contribution < -0.4 is 4.74 Å². The van der Waals surface area contributed by atoms with Crippen LogP contribution in [0, 0.1) is 5.82 Å². The molecular weight excluding hydrogens is 597 g/mol. The smallest absolute Gasteiger partial charge is 0.363 e. The first-order valence-electron chi connectivity index (χ1n) is 9.04. The van der Waals surface area contributed by atoms with Crippen LogP contribution in [0.5, 0.6) is 5.75 Å². The summed E-state index contributed by atoms with van der Waals surface area (Å²) in [6, 6.07) is 17.2. The fraction of sp³-hybridized carbons (Fsp3) is 0.0435. The molecule has 0 aliphatic carbocycles. The molecule has 0 fully saturated rings. The maximum absolute atomic E-state index is 13.4. The molecule has 0 aromatic heterocycles. The molecule has 8 heteroatoms. The van der Waals surface area contributed by atoms with Crippen molar-refractivity contribution in [1.82, 2.24) is 0 Å². The molecule has 0 spiro atoms. The highest BCUT2D eigenvalue weighted by atomic mass is 79.9. The number of benzene rings is 3. The number of hydrogen-bond donors (Lipinski definition) is 0. The molecule has 1 aliphatic heterocycles. The number of esters is 1. The average Bonchev–Trinajstić information content (AvgIpc) is 3.08. The van der Waals surface area contributed by atoms with Gasteiger partial charge in [0.05, 0.1) is 8.95 Å². The van der Waals surface area contributed by atoms with Crippen LogP contribution in [-0.4, -0.2) is 11.9 Å². The molecule has 3 aromatic rings. The van der Waals surface area contributed by atoms with E-state index in [-0.39, 0.29) is 24.0 Å². The van der Waals surface area contributed by atoms with Crippen molar-refractivity contribution in [3.8, 4) is 5.75 Å². The molecule has 0 atom stereocenters. The molecule has 0 saturated heterocycles. The summed E-state index contributed by atoms with van der Waals surface area (Å²) < 4.78 is 26.8. The quantitative estimate of drug-likeness (QED) is 0.230. The van der Waals surface area contributed by atoms with Crippen molar-refractivity contribution in [1.29, 1.82) is 0 Å². The van der Waals surface area contributed by atoms with Gasteiger partial charge in [0.15, 0.2) is 5.70 Å². The number of carbonyl (C=O) groups is 1. The molecule has 0 saturated carbocycles. The average molecular weight is 610 g/mol. The Morgan fingerprint density at radius 1 is 1.00 bits per heavy atom. The molecule has 1 heterocycles. The van der Waals surface area contributed by atoms with Crippen LogP contribution in [0.1, 0.15) is 16.7 Å². The van der Waals surface area contributed by atoms with Gasteiger partial charge in [0.25, 0.3) is 0 Å². The van der Waals surface area contributed by atoms with Gasteiger partial charge in [-0.15, -0.1) is 0 Å². The van der Waals surface area contributed by atoms with E-state index in [0.29, 0.717) is 25.8 Å². The summed E-state index contributed by atoms with van der Waals surface area (Å²) in [6.45, 7) is 0.211. The maximum Gasteiger partial charge on any atom is 0.363 e. The van der Waals surface area contributed by atoms with Crippen LogP contribution in [0.25, 0.3) is 6.08 Å². The third-order valence-corrected chi connectivity index (χ3v) is 6.01. The van der Waals surface area contributed by atoms with Crippen molar-refractivity contribution in [3.05, 3.63) is 102 Å². The first-order valence-corrected chi connectivity index (χ1v) is 11.4. The lowest BCUT2D eigenvalue weighted by atomic mass is 10.2. The van der Waals surface area contributed by atoms with Crippen LogP contribution in [0.3, 0.4) is 0 Å². The number of hydrogen-bond acceptors (Lipinski definition) is 4. The molecule has 0 amide bonds. The van der Waals surface area contributed by atoms with Gasteiger partial charge in [-0.3, -0.25) is 0 Å². The van der Waals surface area contributed by atoms with E-state index in [2.05, 4.69) is 52.8 Å². The molecule has 0 bridgehead atoms. The zero-order chi connectivity index (χ0) is 22.0. The first kappa shape index (κ1) is 21.9. The SMILES string of the molecule is O=C1OC(c2ccc(Br)cc2)=N/C1=C\c1cc(Br)c(OCc2cccc(F)c2)c(Br)c1.